The summed E-state index contributed by atoms with van der Waals surface area (Å²) < 4.78 is 27.4. The molecule has 0 radical (unpaired) electrons. The normalized spacial score (nSPS) is 21.6. The number of fused-ring (bicyclic) bond motifs is 3. The Balaban J connectivity index is 1.35. The molecule has 0 bridgehead atoms. The number of carbonyl (C=O) groups is 1. The van der Waals surface area contributed by atoms with Crippen LogP contribution in [0.15, 0.2) is 133 Å². The lowest BCUT2D eigenvalue weighted by atomic mass is 9.55. The number of allylic oxidation sites excluding steroid dienone is 1. The predicted molar refractivity (Wildman–Crippen MR) is 285 cm³/mol. The van der Waals surface area contributed by atoms with Gasteiger partial charge in [0.25, 0.3) is 0 Å². The van der Waals surface area contributed by atoms with Gasteiger partial charge >= 0.3 is 6.09 Å². The lowest BCUT2D eigenvalue weighted by Crippen LogP contribution is -2.70. The van der Waals surface area contributed by atoms with E-state index in [2.05, 4.69) is 56.5 Å². The molecule has 1 heterocycles. The molecule has 0 spiro atoms. The molecule has 10 nitrogen and oxygen atoms in total. The number of benzene rings is 4. The number of ether oxygens (including phenoxy) is 4. The van der Waals surface area contributed by atoms with Crippen molar-refractivity contribution in [2.75, 3.05) is 33.0 Å². The third-order valence-electron chi connectivity index (χ3n) is 14.8. The first-order valence-corrected chi connectivity index (χ1v) is 26.8. The second-order valence-corrected chi connectivity index (χ2v) is 19.7. The Morgan fingerprint density at radius 2 is 1.51 bits per heavy atom. The SMILES string of the molecule is C=CCOc1ccc2c(c1)[C@H]1[C@H](CCCCO)[C@@H](CCCCO)C=C3C(=NOCc4ccccc4)C[C@H](N(Cc4cccc5ccccc45)C(=O)OCCCCCCCCCCCC)[C@@](OCC=C)(O2)[C@H]31. The number of amides is 1. The lowest BCUT2D eigenvalue weighted by molar-refractivity contribution is -0.256. The average Bonchev–Trinajstić information content (AvgIpc) is 3.39. The molecule has 1 aliphatic heterocycles. The van der Waals surface area contributed by atoms with Crippen LogP contribution in [0, 0.1) is 17.8 Å². The van der Waals surface area contributed by atoms with Crippen LogP contribution < -0.4 is 9.47 Å². The third kappa shape index (κ3) is 13.8. The van der Waals surface area contributed by atoms with E-state index in [1.807, 2.05) is 65.6 Å². The summed E-state index contributed by atoms with van der Waals surface area (Å²) in [7, 11) is 0. The zero-order chi connectivity index (χ0) is 49.7. The molecule has 1 saturated carbocycles. The molecule has 382 valence electrons. The maximum atomic E-state index is 15.3. The van der Waals surface area contributed by atoms with Crippen molar-refractivity contribution in [2.24, 2.45) is 22.9 Å². The summed E-state index contributed by atoms with van der Waals surface area (Å²) in [6.07, 6.45) is 22.2. The van der Waals surface area contributed by atoms with Crippen molar-refractivity contribution < 1.29 is 38.8 Å². The van der Waals surface area contributed by atoms with Crippen LogP contribution in [0.3, 0.4) is 0 Å². The number of aliphatic hydroxyl groups excluding tert-OH is 2. The second kappa shape index (κ2) is 28.0. The lowest BCUT2D eigenvalue weighted by Gasteiger charge is -2.60. The molecule has 4 aromatic rings. The monoisotopic (exact) mass is 969 g/mol. The fourth-order valence-corrected chi connectivity index (χ4v) is 11.4. The standard InChI is InChI=1S/C61H80N2O8/c1-4-7-8-9-10-11-12-13-14-24-40-68-60(66)63(44-49-31-25-30-47-28-18-19-32-51(47)49)57-43-55(62-70-45-46-26-16-15-17-27-46)53-41-48(29-20-22-36-64)52(33-21-23-37-65)58-54-42-50(67-38-5-2)34-35-56(54)71-61(57,59(53)58)69-39-6-3/h5-6,15-19,25-28,30-32,34-35,41-42,48,52,57-59,64-65H,2-4,7-14,20-24,29,33,36-40,43-45H2,1H3/t48-,52+,57-,58+,59+,61+/m0/s1. The zero-order valence-electron chi connectivity index (χ0n) is 42.4. The Kier molecular flexibility index (Phi) is 21.0. The number of carbonyl (C=O) groups excluding carboxylic acids is 1. The van der Waals surface area contributed by atoms with E-state index >= 15 is 4.79 Å². The van der Waals surface area contributed by atoms with Gasteiger partial charge in [-0.15, -0.1) is 6.58 Å². The molecule has 1 amide bonds. The molecule has 0 aromatic heterocycles. The summed E-state index contributed by atoms with van der Waals surface area (Å²) in [4.78, 5) is 23.5. The fourth-order valence-electron chi connectivity index (χ4n) is 11.4. The van der Waals surface area contributed by atoms with E-state index in [1.165, 1.54) is 44.9 Å². The summed E-state index contributed by atoms with van der Waals surface area (Å²) in [5.41, 5.74) is 4.67. The highest BCUT2D eigenvalue weighted by molar-refractivity contribution is 6.03. The number of nitrogens with zero attached hydrogens (tertiary/aromatic N) is 2. The van der Waals surface area contributed by atoms with Crippen molar-refractivity contribution in [3.05, 3.63) is 145 Å². The first-order valence-electron chi connectivity index (χ1n) is 26.8. The molecule has 4 aromatic carbocycles. The van der Waals surface area contributed by atoms with Gasteiger partial charge in [-0.25, -0.2) is 4.79 Å². The Bertz CT molecular complexity index is 2340. The van der Waals surface area contributed by atoms with E-state index in [0.29, 0.717) is 37.6 Å². The summed E-state index contributed by atoms with van der Waals surface area (Å²) in [5.74, 6) is -0.582. The largest absolute Gasteiger partial charge is 0.490 e. The fraction of sp³-hybridized carbons (Fsp3) is 0.508. The molecule has 0 unspecified atom stereocenters. The van der Waals surface area contributed by atoms with Crippen LogP contribution >= 0.6 is 0 Å². The van der Waals surface area contributed by atoms with Gasteiger partial charge in [-0.1, -0.05) is 180 Å². The van der Waals surface area contributed by atoms with E-state index in [0.717, 1.165) is 83.7 Å². The number of hydrogen-bond donors (Lipinski definition) is 2. The van der Waals surface area contributed by atoms with Crippen LogP contribution in [0.1, 0.15) is 139 Å². The Hall–Kier alpha value is -5.42. The second-order valence-electron chi connectivity index (χ2n) is 19.7. The molecule has 0 saturated heterocycles. The molecule has 6 atom stereocenters. The van der Waals surface area contributed by atoms with Crippen molar-refractivity contribution in [3.8, 4) is 11.5 Å². The maximum absolute atomic E-state index is 15.3. The minimum Gasteiger partial charge on any atom is -0.490 e. The molecule has 10 heteroatoms. The van der Waals surface area contributed by atoms with Crippen molar-refractivity contribution >= 4 is 22.6 Å². The van der Waals surface area contributed by atoms with Crippen LogP contribution in [-0.2, 0) is 27.5 Å². The zero-order valence-corrected chi connectivity index (χ0v) is 42.4. The smallest absolute Gasteiger partial charge is 0.410 e. The van der Waals surface area contributed by atoms with Gasteiger partial charge < -0.3 is 34.0 Å². The third-order valence-corrected chi connectivity index (χ3v) is 14.8. The Labute approximate surface area is 423 Å². The van der Waals surface area contributed by atoms with Crippen molar-refractivity contribution in [1.29, 1.82) is 0 Å². The summed E-state index contributed by atoms with van der Waals surface area (Å²) in [5, 5.41) is 27.3. The topological polar surface area (TPSA) is 119 Å². The average molecular weight is 969 g/mol. The summed E-state index contributed by atoms with van der Waals surface area (Å²) in [6.45, 7) is 11.8. The van der Waals surface area contributed by atoms with Crippen LogP contribution in [0.4, 0.5) is 4.79 Å². The first-order chi connectivity index (χ1) is 35.0. The van der Waals surface area contributed by atoms with Crippen molar-refractivity contribution in [1.82, 2.24) is 4.90 Å². The number of hydrogen-bond acceptors (Lipinski definition) is 9. The van der Waals surface area contributed by atoms with Gasteiger partial charge in [0.1, 0.15) is 30.8 Å². The molecule has 7 rings (SSSR count). The van der Waals surface area contributed by atoms with E-state index in [9.17, 15) is 10.2 Å². The molecule has 1 fully saturated rings. The molecular formula is C61H80N2O8. The molecule has 71 heavy (non-hydrogen) atoms. The first kappa shape index (κ1) is 53.4. The van der Waals surface area contributed by atoms with Crippen molar-refractivity contribution in [2.45, 2.75) is 147 Å². The minimum absolute atomic E-state index is 0.0676. The molecular weight excluding hydrogens is 889 g/mol. The molecule has 2 aliphatic carbocycles. The van der Waals surface area contributed by atoms with E-state index in [-0.39, 0.29) is 57.1 Å². The van der Waals surface area contributed by atoms with Crippen LogP contribution in [0.2, 0.25) is 0 Å². The number of oxime groups is 1. The van der Waals surface area contributed by atoms with Crippen LogP contribution in [0.5, 0.6) is 11.5 Å². The highest BCUT2D eigenvalue weighted by Crippen LogP contribution is 2.62. The van der Waals surface area contributed by atoms with Crippen LogP contribution in [0.25, 0.3) is 10.8 Å². The van der Waals surface area contributed by atoms with Crippen molar-refractivity contribution in [3.63, 3.8) is 0 Å². The molecule has 3 aliphatic rings. The number of aliphatic hydroxyl groups is 2. The Morgan fingerprint density at radius 3 is 2.25 bits per heavy atom. The minimum atomic E-state index is -1.44. The van der Waals surface area contributed by atoms with Gasteiger partial charge in [-0.3, -0.25) is 4.90 Å². The quantitative estimate of drug-likeness (QED) is 0.0291. The molecule has 2 N–H and O–H groups in total. The summed E-state index contributed by atoms with van der Waals surface area (Å²) >= 11 is 0. The Morgan fingerprint density at radius 1 is 0.803 bits per heavy atom. The number of rotatable bonds is 31. The van der Waals surface area contributed by atoms with E-state index in [1.54, 1.807) is 12.2 Å². The maximum Gasteiger partial charge on any atom is 0.410 e. The van der Waals surface area contributed by atoms with Gasteiger partial charge in [0, 0.05) is 31.1 Å². The van der Waals surface area contributed by atoms with Gasteiger partial charge in [-0.05, 0) is 89.6 Å². The van der Waals surface area contributed by atoms with Gasteiger partial charge in [0.2, 0.25) is 5.79 Å². The van der Waals surface area contributed by atoms with Gasteiger partial charge in [0.05, 0.1) is 31.4 Å². The highest BCUT2D eigenvalue weighted by atomic mass is 16.7. The van der Waals surface area contributed by atoms with Gasteiger partial charge in [-0.2, -0.15) is 0 Å². The highest BCUT2D eigenvalue weighted by Gasteiger charge is 2.65. The number of unbranched alkanes of at least 4 members (excludes halogenated alkanes) is 11. The summed E-state index contributed by atoms with van der Waals surface area (Å²) in [6, 6.07) is 29.8. The van der Waals surface area contributed by atoms with E-state index < -0.39 is 23.8 Å². The predicted octanol–water partition coefficient (Wildman–Crippen LogP) is 13.8. The van der Waals surface area contributed by atoms with Gasteiger partial charge in [0.15, 0.2) is 0 Å². The van der Waals surface area contributed by atoms with E-state index in [4.69, 9.17) is 28.9 Å². The van der Waals surface area contributed by atoms with Crippen LogP contribution in [-0.4, -0.2) is 71.8 Å².